The second-order valence-electron chi connectivity index (χ2n) is 5.18. The second-order valence-corrected chi connectivity index (χ2v) is 6.09. The Morgan fingerprint density at radius 3 is 2.48 bits per heavy atom. The molecule has 21 heavy (non-hydrogen) atoms. The van der Waals surface area contributed by atoms with Crippen LogP contribution in [-0.2, 0) is 0 Å². The molecule has 0 heterocycles. The summed E-state index contributed by atoms with van der Waals surface area (Å²) in [6.45, 7) is 0. The average molecular weight is 349 g/mol. The van der Waals surface area contributed by atoms with Crippen LogP contribution in [0.1, 0.15) is 30.1 Å². The van der Waals surface area contributed by atoms with Gasteiger partial charge in [-0.05, 0) is 42.7 Å². The first kappa shape index (κ1) is 14.4. The first-order chi connectivity index (χ1) is 10.2. The van der Waals surface area contributed by atoms with E-state index in [-0.39, 0.29) is 0 Å². The monoisotopic (exact) mass is 348 g/mol. The van der Waals surface area contributed by atoms with Gasteiger partial charge in [-0.15, -0.1) is 0 Å². The van der Waals surface area contributed by atoms with Gasteiger partial charge in [0.15, 0.2) is 0 Å². The fraction of sp³-hybridized carbons (Fsp3) is 0.294. The van der Waals surface area contributed by atoms with Crippen molar-refractivity contribution < 1.29 is 14.6 Å². The highest BCUT2D eigenvalue weighted by Crippen LogP contribution is 2.33. The van der Waals surface area contributed by atoms with E-state index in [0.29, 0.717) is 11.9 Å². The van der Waals surface area contributed by atoms with E-state index in [0.717, 1.165) is 34.2 Å². The third-order valence-corrected chi connectivity index (χ3v) is 4.01. The maximum atomic E-state index is 10.5. The third kappa shape index (κ3) is 3.39. The topological polar surface area (TPSA) is 38.7 Å². The maximum Gasteiger partial charge on any atom is 0.126 e. The van der Waals surface area contributed by atoms with Crippen molar-refractivity contribution in [3.63, 3.8) is 0 Å². The van der Waals surface area contributed by atoms with Gasteiger partial charge in [0.2, 0.25) is 0 Å². The molecule has 4 heteroatoms. The molecule has 0 aromatic heterocycles. The number of rotatable bonds is 5. The third-order valence-electron chi connectivity index (χ3n) is 3.51. The van der Waals surface area contributed by atoms with Crippen molar-refractivity contribution in [2.24, 2.45) is 0 Å². The Labute approximate surface area is 132 Å². The van der Waals surface area contributed by atoms with Crippen LogP contribution in [0.2, 0.25) is 0 Å². The maximum absolute atomic E-state index is 10.5. The number of ether oxygens (including phenoxy) is 2. The van der Waals surface area contributed by atoms with Gasteiger partial charge in [-0.1, -0.05) is 34.1 Å². The average Bonchev–Trinajstić information content (AvgIpc) is 3.31. The van der Waals surface area contributed by atoms with Crippen LogP contribution in [0, 0.1) is 0 Å². The highest BCUT2D eigenvalue weighted by molar-refractivity contribution is 9.10. The lowest BCUT2D eigenvalue weighted by molar-refractivity contribution is 0.214. The molecule has 0 saturated heterocycles. The van der Waals surface area contributed by atoms with Gasteiger partial charge in [0.1, 0.15) is 17.6 Å². The van der Waals surface area contributed by atoms with Crippen molar-refractivity contribution in [1.29, 1.82) is 0 Å². The summed E-state index contributed by atoms with van der Waals surface area (Å²) in [7, 11) is 1.60. The Kier molecular flexibility index (Phi) is 4.17. The van der Waals surface area contributed by atoms with Crippen LogP contribution in [0.4, 0.5) is 0 Å². The lowest BCUT2D eigenvalue weighted by atomic mass is 10.0. The zero-order valence-corrected chi connectivity index (χ0v) is 13.3. The van der Waals surface area contributed by atoms with E-state index in [9.17, 15) is 5.11 Å². The molecule has 1 fully saturated rings. The summed E-state index contributed by atoms with van der Waals surface area (Å²) in [6, 6.07) is 13.2. The molecule has 0 bridgehead atoms. The summed E-state index contributed by atoms with van der Waals surface area (Å²) < 4.78 is 12.0. The summed E-state index contributed by atoms with van der Waals surface area (Å²) in [6.07, 6.45) is 1.94. The van der Waals surface area contributed by atoms with Crippen LogP contribution in [0.5, 0.6) is 11.5 Å². The molecule has 1 saturated carbocycles. The molecule has 1 unspecified atom stereocenters. The molecule has 110 valence electrons. The normalized spacial score (nSPS) is 15.6. The van der Waals surface area contributed by atoms with Crippen LogP contribution < -0.4 is 9.47 Å². The molecular formula is C17H17BrO3. The van der Waals surface area contributed by atoms with Crippen molar-refractivity contribution in [3.8, 4) is 11.5 Å². The summed E-state index contributed by atoms with van der Waals surface area (Å²) in [5.41, 5.74) is 1.57. The summed E-state index contributed by atoms with van der Waals surface area (Å²) in [4.78, 5) is 0. The Balaban J connectivity index is 1.81. The highest BCUT2D eigenvalue weighted by Gasteiger charge is 2.23. The number of hydrogen-bond acceptors (Lipinski definition) is 3. The van der Waals surface area contributed by atoms with Gasteiger partial charge in [0, 0.05) is 10.0 Å². The minimum atomic E-state index is -0.719. The van der Waals surface area contributed by atoms with E-state index < -0.39 is 6.10 Å². The van der Waals surface area contributed by atoms with E-state index in [1.807, 2.05) is 42.5 Å². The molecule has 1 atom stereocenters. The van der Waals surface area contributed by atoms with Gasteiger partial charge in [0.25, 0.3) is 0 Å². The second kappa shape index (κ2) is 6.08. The van der Waals surface area contributed by atoms with Crippen LogP contribution in [0.25, 0.3) is 0 Å². The van der Waals surface area contributed by atoms with E-state index in [2.05, 4.69) is 15.9 Å². The number of halogens is 1. The number of methoxy groups -OCH3 is 1. The Bertz CT molecular complexity index is 620. The Morgan fingerprint density at radius 2 is 1.86 bits per heavy atom. The largest absolute Gasteiger partial charge is 0.496 e. The van der Waals surface area contributed by atoms with Crippen LogP contribution in [-0.4, -0.2) is 18.3 Å². The standard InChI is InChI=1S/C17H17BrO3/c1-20-16-10-12(18)4-9-15(16)17(19)11-2-5-13(6-3-11)21-14-7-8-14/h2-6,9-10,14,17,19H,7-8H2,1H3. The smallest absolute Gasteiger partial charge is 0.126 e. The lowest BCUT2D eigenvalue weighted by Crippen LogP contribution is -2.03. The Morgan fingerprint density at radius 1 is 1.14 bits per heavy atom. The summed E-state index contributed by atoms with van der Waals surface area (Å²) in [5.74, 6) is 1.52. The number of aliphatic hydroxyl groups is 1. The van der Waals surface area contributed by atoms with Crippen molar-refractivity contribution in [2.75, 3.05) is 7.11 Å². The Hall–Kier alpha value is -1.52. The molecule has 2 aromatic carbocycles. The highest BCUT2D eigenvalue weighted by atomic mass is 79.9. The lowest BCUT2D eigenvalue weighted by Gasteiger charge is -2.16. The molecule has 2 aromatic rings. The van der Waals surface area contributed by atoms with E-state index >= 15 is 0 Å². The summed E-state index contributed by atoms with van der Waals surface area (Å²) >= 11 is 3.40. The van der Waals surface area contributed by atoms with Gasteiger partial charge in [-0.2, -0.15) is 0 Å². The van der Waals surface area contributed by atoms with Crippen molar-refractivity contribution in [2.45, 2.75) is 25.0 Å². The molecule has 0 aliphatic heterocycles. The van der Waals surface area contributed by atoms with Crippen LogP contribution in [0.15, 0.2) is 46.9 Å². The van der Waals surface area contributed by atoms with E-state index in [1.165, 1.54) is 0 Å². The number of hydrogen-bond donors (Lipinski definition) is 1. The van der Waals surface area contributed by atoms with Crippen LogP contribution in [0.3, 0.4) is 0 Å². The first-order valence-electron chi connectivity index (χ1n) is 6.95. The molecule has 1 N–H and O–H groups in total. The van der Waals surface area contributed by atoms with Gasteiger partial charge in [-0.25, -0.2) is 0 Å². The predicted octanol–water partition coefficient (Wildman–Crippen LogP) is 4.08. The van der Waals surface area contributed by atoms with Gasteiger partial charge >= 0.3 is 0 Å². The molecule has 1 aliphatic carbocycles. The molecule has 0 amide bonds. The minimum absolute atomic E-state index is 0.382. The van der Waals surface area contributed by atoms with E-state index in [4.69, 9.17) is 9.47 Å². The van der Waals surface area contributed by atoms with Gasteiger partial charge < -0.3 is 14.6 Å². The number of aliphatic hydroxyl groups excluding tert-OH is 1. The SMILES string of the molecule is COc1cc(Br)ccc1C(O)c1ccc(OC2CC2)cc1. The zero-order chi connectivity index (χ0) is 14.8. The number of benzene rings is 2. The molecular weight excluding hydrogens is 332 g/mol. The molecule has 3 rings (SSSR count). The fourth-order valence-electron chi connectivity index (χ4n) is 2.20. The minimum Gasteiger partial charge on any atom is -0.496 e. The molecule has 0 radical (unpaired) electrons. The van der Waals surface area contributed by atoms with Gasteiger partial charge in [-0.3, -0.25) is 0 Å². The zero-order valence-electron chi connectivity index (χ0n) is 11.8. The molecule has 0 spiro atoms. The van der Waals surface area contributed by atoms with Crippen molar-refractivity contribution in [3.05, 3.63) is 58.1 Å². The van der Waals surface area contributed by atoms with Crippen molar-refractivity contribution >= 4 is 15.9 Å². The molecule has 3 nitrogen and oxygen atoms in total. The first-order valence-corrected chi connectivity index (χ1v) is 7.75. The van der Waals surface area contributed by atoms with Crippen LogP contribution >= 0.6 is 15.9 Å². The predicted molar refractivity (Wildman–Crippen MR) is 84.8 cm³/mol. The fourth-order valence-corrected chi connectivity index (χ4v) is 2.54. The molecule has 1 aliphatic rings. The summed E-state index contributed by atoms with van der Waals surface area (Å²) in [5, 5.41) is 10.5. The van der Waals surface area contributed by atoms with Gasteiger partial charge in [0.05, 0.1) is 13.2 Å². The quantitative estimate of drug-likeness (QED) is 0.884. The van der Waals surface area contributed by atoms with E-state index in [1.54, 1.807) is 7.11 Å². The van der Waals surface area contributed by atoms with Crippen molar-refractivity contribution in [1.82, 2.24) is 0 Å².